The van der Waals surface area contributed by atoms with Gasteiger partial charge >= 0.3 is 25.7 Å². The van der Waals surface area contributed by atoms with Gasteiger partial charge in [-0.1, -0.05) is 60.7 Å². The van der Waals surface area contributed by atoms with Gasteiger partial charge in [0, 0.05) is 128 Å². The molecule has 250 valence electrons. The maximum Gasteiger partial charge on any atom is 0.398 e. The van der Waals surface area contributed by atoms with E-state index in [2.05, 4.69) is 0 Å². The topological polar surface area (TPSA) is 264 Å². The fourth-order valence-electron chi connectivity index (χ4n) is 2.85. The zero-order valence-electron chi connectivity index (χ0n) is 26.6. The maximum atomic E-state index is 10.2. The molecule has 0 bridgehead atoms. The average Bonchev–Trinajstić information content (AvgIpc) is 2.94. The standard InChI is InChI=1S/C17H26O4Si3.6CH4O.3H2O.3Zr/c1-19-24(16-12-8-6-9-13-16,17-14-10-7-11-15-17)21-23(4,5)20-22(2,3)18;6*1-2;;;;;;/h6-15,18H,1-5H3;6*2H,1H3;3*1H2;;;. The number of hydrogen-bond acceptors (Lipinski definition) is 10. The summed E-state index contributed by atoms with van der Waals surface area (Å²) in [5.74, 6) is 0. The first kappa shape index (κ1) is 74.2. The molecule has 13 N–H and O–H groups in total. The summed E-state index contributed by atoms with van der Waals surface area (Å²) in [6.45, 7) is 7.44. The summed E-state index contributed by atoms with van der Waals surface area (Å²) in [5.41, 5.74) is 0. The molecule has 0 heterocycles. The molecular weight excluding hydrogens is 842 g/mol. The summed E-state index contributed by atoms with van der Waals surface area (Å²) in [6.07, 6.45) is 0. The molecule has 2 aromatic rings. The summed E-state index contributed by atoms with van der Waals surface area (Å²) < 4.78 is 18.7. The Kier molecular flexibility index (Phi) is 86.8. The molecule has 0 aromatic heterocycles. The van der Waals surface area contributed by atoms with E-state index in [4.69, 9.17) is 43.3 Å². The number of rotatable bonds is 7. The van der Waals surface area contributed by atoms with Gasteiger partial charge in [-0.05, 0) is 36.6 Å². The van der Waals surface area contributed by atoms with Gasteiger partial charge in [-0.15, -0.1) is 0 Å². The van der Waals surface area contributed by atoms with Crippen molar-refractivity contribution in [3.05, 3.63) is 60.7 Å². The van der Waals surface area contributed by atoms with Crippen molar-refractivity contribution in [2.45, 2.75) is 26.2 Å². The molecule has 0 saturated carbocycles. The van der Waals surface area contributed by atoms with E-state index in [0.717, 1.165) is 53.0 Å². The van der Waals surface area contributed by atoms with E-state index < -0.39 is 25.7 Å². The van der Waals surface area contributed by atoms with Crippen molar-refractivity contribution in [1.29, 1.82) is 0 Å². The number of aliphatic hydroxyl groups excluding tert-OH is 6. The summed E-state index contributed by atoms with van der Waals surface area (Å²) in [6, 6.07) is 20.1. The number of hydrogen-bond donors (Lipinski definition) is 7. The van der Waals surface area contributed by atoms with E-state index in [1.54, 1.807) is 20.2 Å². The summed E-state index contributed by atoms with van der Waals surface area (Å²) in [5, 5.41) is 44.1. The Bertz CT molecular complexity index is 639. The molecule has 2 rings (SSSR count). The Morgan fingerprint density at radius 1 is 0.476 bits per heavy atom. The SMILES string of the molecule is CO.CO.CO.CO.CO.CO.CO[Si](O[Si](C)(C)O[Si](C)(C)O)(c1ccccc1)c1ccccc1.O.O.O.[Zr].[Zr].[Zr]. The first-order valence-electron chi connectivity index (χ1n) is 10.7. The molecule has 0 unspecified atom stereocenters. The molecule has 13 nitrogen and oxygen atoms in total. The molecule has 19 heteroatoms. The van der Waals surface area contributed by atoms with Gasteiger partial charge in [0.05, 0.1) is 0 Å². The predicted octanol–water partition coefficient (Wildman–Crippen LogP) is -2.51. The van der Waals surface area contributed by atoms with Crippen LogP contribution in [0.15, 0.2) is 60.7 Å². The Balaban J connectivity index is -0.0000000530. The summed E-state index contributed by atoms with van der Waals surface area (Å²) >= 11 is 0. The van der Waals surface area contributed by atoms with Crippen LogP contribution in [0.2, 0.25) is 26.2 Å². The van der Waals surface area contributed by atoms with Gasteiger partial charge in [0.25, 0.3) is 0 Å². The second-order valence-corrected chi connectivity index (χ2v) is 16.7. The Morgan fingerprint density at radius 2 is 0.714 bits per heavy atom. The monoisotopic (exact) mass is 894 g/mol. The number of benzene rings is 2. The second kappa shape index (κ2) is 49.1. The van der Waals surface area contributed by atoms with Crippen LogP contribution >= 0.6 is 0 Å². The van der Waals surface area contributed by atoms with Crippen molar-refractivity contribution in [2.75, 3.05) is 49.8 Å². The molecule has 0 aliphatic rings. The van der Waals surface area contributed by atoms with E-state index in [0.29, 0.717) is 0 Å². The van der Waals surface area contributed by atoms with Crippen molar-refractivity contribution >= 4 is 36.1 Å². The van der Waals surface area contributed by atoms with E-state index in [1.165, 1.54) is 0 Å². The molecule has 0 saturated heterocycles. The maximum absolute atomic E-state index is 10.2. The smallest absolute Gasteiger partial charge is 0.398 e. The van der Waals surface area contributed by atoms with Crippen LogP contribution in [0.25, 0.3) is 0 Å². The van der Waals surface area contributed by atoms with Crippen LogP contribution in [-0.4, -0.2) is 127 Å². The fourth-order valence-corrected chi connectivity index (χ4v) is 14.3. The molecule has 42 heavy (non-hydrogen) atoms. The molecule has 0 radical (unpaired) electrons. The minimum absolute atomic E-state index is 0. The summed E-state index contributed by atoms with van der Waals surface area (Å²) in [4.78, 5) is 10.2. The third-order valence-corrected chi connectivity index (χ3v) is 13.3. The molecule has 0 atom stereocenters. The minimum atomic E-state index is -2.91. The van der Waals surface area contributed by atoms with Crippen LogP contribution in [0.5, 0.6) is 0 Å². The summed E-state index contributed by atoms with van der Waals surface area (Å²) in [7, 11) is -0.532. The quantitative estimate of drug-likeness (QED) is 0.144. The minimum Gasteiger partial charge on any atom is -0.415 e. The molecule has 0 aliphatic heterocycles. The predicted molar refractivity (Wildman–Crippen MR) is 164 cm³/mol. The third-order valence-electron chi connectivity index (χ3n) is 3.48. The van der Waals surface area contributed by atoms with E-state index in [-0.39, 0.29) is 95.0 Å². The fraction of sp³-hybridized carbons (Fsp3) is 0.478. The molecule has 0 fully saturated rings. The first-order chi connectivity index (χ1) is 17.2. The van der Waals surface area contributed by atoms with Crippen LogP contribution < -0.4 is 10.4 Å². The van der Waals surface area contributed by atoms with Gasteiger partial charge in [0.2, 0.25) is 0 Å². The van der Waals surface area contributed by atoms with Crippen molar-refractivity contribution in [3.63, 3.8) is 0 Å². The molecule has 0 amide bonds. The van der Waals surface area contributed by atoms with Crippen molar-refractivity contribution in [2.24, 2.45) is 0 Å². The van der Waals surface area contributed by atoms with E-state index in [1.807, 2.05) is 73.8 Å². The molecule has 0 aliphatic carbocycles. The van der Waals surface area contributed by atoms with Crippen LogP contribution in [0, 0.1) is 0 Å². The zero-order valence-corrected chi connectivity index (χ0v) is 37.0. The first-order valence-corrected chi connectivity index (χ1v) is 18.1. The van der Waals surface area contributed by atoms with Gasteiger partial charge in [0.1, 0.15) is 0 Å². The van der Waals surface area contributed by atoms with E-state index in [9.17, 15) is 4.80 Å². The average molecular weight is 899 g/mol. The van der Waals surface area contributed by atoms with Crippen LogP contribution in [-0.2, 0) is 91.3 Å². The van der Waals surface area contributed by atoms with Crippen molar-refractivity contribution in [1.82, 2.24) is 0 Å². The van der Waals surface area contributed by atoms with Gasteiger partial charge in [-0.2, -0.15) is 0 Å². The van der Waals surface area contributed by atoms with Gasteiger partial charge < -0.3 is 64.5 Å². The van der Waals surface area contributed by atoms with Crippen molar-refractivity contribution in [3.8, 4) is 0 Å². The van der Waals surface area contributed by atoms with Crippen LogP contribution in [0.4, 0.5) is 0 Å². The Labute approximate surface area is 313 Å². The van der Waals surface area contributed by atoms with Gasteiger partial charge in [0.15, 0.2) is 0 Å². The molecule has 0 spiro atoms. The second-order valence-electron chi connectivity index (χ2n) is 6.60. The Hall–Kier alpha value is 1.22. The van der Waals surface area contributed by atoms with Gasteiger partial charge in [-0.25, -0.2) is 0 Å². The van der Waals surface area contributed by atoms with Crippen molar-refractivity contribution < 1.29 is 143 Å². The number of aliphatic hydroxyl groups is 6. The zero-order chi connectivity index (χ0) is 29.8. The van der Waals surface area contributed by atoms with Gasteiger partial charge in [-0.3, -0.25) is 0 Å². The van der Waals surface area contributed by atoms with Crippen LogP contribution in [0.1, 0.15) is 0 Å². The van der Waals surface area contributed by atoms with E-state index >= 15 is 0 Å². The molecular formula is C23H56O13Si3Zr3. The Morgan fingerprint density at radius 3 is 0.905 bits per heavy atom. The normalized spacial score (nSPS) is 8.33. The largest absolute Gasteiger partial charge is 0.415 e. The van der Waals surface area contributed by atoms with Crippen LogP contribution in [0.3, 0.4) is 0 Å². The third kappa shape index (κ3) is 34.1. The molecule has 2 aromatic carbocycles.